The highest BCUT2D eigenvalue weighted by molar-refractivity contribution is 5.98. The zero-order valence-corrected chi connectivity index (χ0v) is 10.4. The van der Waals surface area contributed by atoms with E-state index in [-0.39, 0.29) is 24.6 Å². The number of fused-ring (bicyclic) bond motifs is 1. The molecule has 1 aliphatic heterocycles. The van der Waals surface area contributed by atoms with E-state index in [1.54, 1.807) is 12.1 Å². The molecule has 1 saturated heterocycles. The number of alkyl halides is 2. The van der Waals surface area contributed by atoms with Crippen molar-refractivity contribution in [1.82, 2.24) is 9.88 Å². The van der Waals surface area contributed by atoms with E-state index < -0.39 is 18.6 Å². The molecule has 106 valence electrons. The van der Waals surface area contributed by atoms with Crippen LogP contribution in [0.4, 0.5) is 8.78 Å². The summed E-state index contributed by atoms with van der Waals surface area (Å²) < 4.78 is 30.5. The van der Waals surface area contributed by atoms with E-state index in [1.807, 2.05) is 0 Å². The summed E-state index contributed by atoms with van der Waals surface area (Å²) in [5.74, 6) is -0.445. The number of nitrogens with one attached hydrogen (secondary N) is 1. The van der Waals surface area contributed by atoms with E-state index in [0.717, 1.165) is 10.3 Å². The number of halogens is 2. The first kappa shape index (κ1) is 12.9. The fraction of sp³-hybridized carbons (Fsp3) is 0.308. The molecule has 0 spiro atoms. The largest absolute Gasteiger partial charge is 0.508 e. The highest BCUT2D eigenvalue weighted by atomic mass is 19.3. The Hall–Kier alpha value is -2.15. The molecule has 5 nitrogen and oxygen atoms in total. The third-order valence-corrected chi connectivity index (χ3v) is 3.17. The number of aromatic hydroxyl groups is 1. The Kier molecular flexibility index (Phi) is 2.86. The number of phenols is 1. The lowest BCUT2D eigenvalue weighted by Gasteiger charge is -2.31. The number of carbonyl (C=O) groups excluding carboxylic acids is 1. The van der Waals surface area contributed by atoms with E-state index in [4.69, 9.17) is 0 Å². The van der Waals surface area contributed by atoms with Crippen molar-refractivity contribution in [2.45, 2.75) is 6.11 Å². The summed E-state index contributed by atoms with van der Waals surface area (Å²) in [5.41, 5.74) is 0.789. The lowest BCUT2D eigenvalue weighted by atomic mass is 10.2. The van der Waals surface area contributed by atoms with Gasteiger partial charge in [0, 0.05) is 23.5 Å². The van der Waals surface area contributed by atoms with Gasteiger partial charge in [-0.2, -0.15) is 8.78 Å². The molecule has 0 bridgehead atoms. The van der Waals surface area contributed by atoms with E-state index >= 15 is 0 Å². The molecule has 2 N–H and O–H groups in total. The third-order valence-electron chi connectivity index (χ3n) is 3.17. The Bertz CT molecular complexity index is 669. The third kappa shape index (κ3) is 2.32. The summed E-state index contributed by atoms with van der Waals surface area (Å²) in [5, 5.41) is 10.1. The summed E-state index contributed by atoms with van der Waals surface area (Å²) in [4.78, 5) is 16.1. The van der Waals surface area contributed by atoms with Gasteiger partial charge in [0.2, 0.25) is 0 Å². The van der Waals surface area contributed by atoms with Crippen LogP contribution < -0.4 is 0 Å². The number of aromatic nitrogens is 1. The van der Waals surface area contributed by atoms with E-state index in [2.05, 4.69) is 9.72 Å². The number of aromatic amines is 1. The maximum atomic E-state index is 13.1. The van der Waals surface area contributed by atoms with Gasteiger partial charge in [0.15, 0.2) is 0 Å². The Morgan fingerprint density at radius 3 is 2.95 bits per heavy atom. The van der Waals surface area contributed by atoms with Crippen LogP contribution in [0.3, 0.4) is 0 Å². The Balaban J connectivity index is 1.88. The molecule has 20 heavy (non-hydrogen) atoms. The topological polar surface area (TPSA) is 65.6 Å². The van der Waals surface area contributed by atoms with Gasteiger partial charge in [0.05, 0.1) is 6.61 Å². The number of morpholine rings is 1. The number of phenolic OH excluding ortho intramolecular Hbond substituents is 1. The number of nitrogens with zero attached hydrogens (tertiary/aromatic N) is 1. The standard InChI is InChI=1S/C13H12F2N2O3/c14-13(15)7-17(3-4-20-13)12(19)11-5-8-1-2-9(18)6-10(8)16-11/h1-2,5-6,16,18H,3-4,7H2. The normalized spacial score (nSPS) is 18.4. The molecule has 0 saturated carbocycles. The van der Waals surface area contributed by atoms with Crippen LogP contribution >= 0.6 is 0 Å². The fourth-order valence-electron chi connectivity index (χ4n) is 2.23. The lowest BCUT2D eigenvalue weighted by molar-refractivity contribution is -0.263. The van der Waals surface area contributed by atoms with Crippen LogP contribution in [-0.2, 0) is 4.74 Å². The van der Waals surface area contributed by atoms with Gasteiger partial charge in [-0.1, -0.05) is 0 Å². The molecule has 1 aromatic carbocycles. The monoisotopic (exact) mass is 282 g/mol. The number of H-pyrrole nitrogens is 1. The predicted octanol–water partition coefficient (Wildman–Crippen LogP) is 1.94. The second kappa shape index (κ2) is 4.45. The molecule has 2 aromatic rings. The smallest absolute Gasteiger partial charge is 0.373 e. The van der Waals surface area contributed by atoms with Gasteiger partial charge in [-0.15, -0.1) is 0 Å². The number of hydrogen-bond acceptors (Lipinski definition) is 3. The molecule has 3 rings (SSSR count). The maximum absolute atomic E-state index is 13.1. The minimum Gasteiger partial charge on any atom is -0.508 e. The number of carbonyl (C=O) groups is 1. The van der Waals surface area contributed by atoms with Crippen molar-refractivity contribution in [3.05, 3.63) is 30.0 Å². The summed E-state index contributed by atoms with van der Waals surface area (Å²) in [6.45, 7) is -0.832. The molecule has 1 aliphatic rings. The minimum absolute atomic E-state index is 0.0660. The molecule has 0 aliphatic carbocycles. The Labute approximate surface area is 112 Å². The highest BCUT2D eigenvalue weighted by Crippen LogP contribution is 2.24. The van der Waals surface area contributed by atoms with E-state index in [1.165, 1.54) is 12.1 Å². The zero-order chi connectivity index (χ0) is 14.3. The van der Waals surface area contributed by atoms with Crippen LogP contribution in [0.25, 0.3) is 10.9 Å². The van der Waals surface area contributed by atoms with Gasteiger partial charge in [-0.3, -0.25) is 4.79 Å². The summed E-state index contributed by atoms with van der Waals surface area (Å²) in [6, 6.07) is 6.18. The van der Waals surface area contributed by atoms with Crippen LogP contribution in [0.1, 0.15) is 10.5 Å². The van der Waals surface area contributed by atoms with Crippen molar-refractivity contribution in [3.8, 4) is 5.75 Å². The molecule has 1 amide bonds. The van der Waals surface area contributed by atoms with Crippen molar-refractivity contribution in [2.75, 3.05) is 19.7 Å². The summed E-state index contributed by atoms with van der Waals surface area (Å²) >= 11 is 0. The van der Waals surface area contributed by atoms with Crippen LogP contribution in [0, 0.1) is 0 Å². The van der Waals surface area contributed by atoms with Gasteiger partial charge in [-0.05, 0) is 18.2 Å². The van der Waals surface area contributed by atoms with Crippen molar-refractivity contribution >= 4 is 16.8 Å². The Morgan fingerprint density at radius 1 is 1.40 bits per heavy atom. The van der Waals surface area contributed by atoms with Crippen LogP contribution in [-0.4, -0.2) is 46.7 Å². The summed E-state index contributed by atoms with van der Waals surface area (Å²) in [6.07, 6.45) is -3.31. The van der Waals surface area contributed by atoms with Crippen molar-refractivity contribution < 1.29 is 23.4 Å². The average molecular weight is 282 g/mol. The molecule has 7 heteroatoms. The lowest BCUT2D eigenvalue weighted by Crippen LogP contribution is -2.49. The quantitative estimate of drug-likeness (QED) is 0.840. The molecule has 0 atom stereocenters. The molecular formula is C13H12F2N2O3. The summed E-state index contributed by atoms with van der Waals surface area (Å²) in [7, 11) is 0. The fourth-order valence-corrected chi connectivity index (χ4v) is 2.23. The molecule has 0 radical (unpaired) electrons. The first-order chi connectivity index (χ1) is 9.44. The maximum Gasteiger partial charge on any atom is 0.373 e. The van der Waals surface area contributed by atoms with Gasteiger partial charge >= 0.3 is 6.11 Å². The minimum atomic E-state index is -3.31. The van der Waals surface area contributed by atoms with Crippen molar-refractivity contribution in [2.24, 2.45) is 0 Å². The van der Waals surface area contributed by atoms with Gasteiger partial charge in [-0.25, -0.2) is 0 Å². The zero-order valence-electron chi connectivity index (χ0n) is 10.4. The number of hydrogen-bond donors (Lipinski definition) is 2. The van der Waals surface area contributed by atoms with Gasteiger partial charge in [0.1, 0.15) is 18.0 Å². The number of benzene rings is 1. The van der Waals surface area contributed by atoms with E-state index in [0.29, 0.717) is 5.52 Å². The average Bonchev–Trinajstić information content (AvgIpc) is 2.79. The highest BCUT2D eigenvalue weighted by Gasteiger charge is 2.39. The predicted molar refractivity (Wildman–Crippen MR) is 66.8 cm³/mol. The first-order valence-electron chi connectivity index (χ1n) is 6.07. The van der Waals surface area contributed by atoms with Crippen LogP contribution in [0.15, 0.2) is 24.3 Å². The molecule has 0 unspecified atom stereocenters. The van der Waals surface area contributed by atoms with Crippen LogP contribution in [0.2, 0.25) is 0 Å². The SMILES string of the molecule is O=C(c1cc2ccc(O)cc2[nH]1)N1CCOC(F)(F)C1. The molecular weight excluding hydrogens is 270 g/mol. The van der Waals surface area contributed by atoms with Crippen LogP contribution in [0.5, 0.6) is 5.75 Å². The molecule has 1 fully saturated rings. The van der Waals surface area contributed by atoms with Gasteiger partial charge in [0.25, 0.3) is 5.91 Å². The number of amides is 1. The second-order valence-electron chi connectivity index (χ2n) is 4.67. The van der Waals surface area contributed by atoms with Crippen molar-refractivity contribution in [1.29, 1.82) is 0 Å². The van der Waals surface area contributed by atoms with E-state index in [9.17, 15) is 18.7 Å². The number of ether oxygens (including phenoxy) is 1. The first-order valence-corrected chi connectivity index (χ1v) is 6.07. The molecule has 1 aromatic heterocycles. The Morgan fingerprint density at radius 2 is 2.20 bits per heavy atom. The number of rotatable bonds is 1. The second-order valence-corrected chi connectivity index (χ2v) is 4.67. The van der Waals surface area contributed by atoms with Gasteiger partial charge < -0.3 is 19.7 Å². The van der Waals surface area contributed by atoms with Crippen molar-refractivity contribution in [3.63, 3.8) is 0 Å². The molecule has 2 heterocycles.